The summed E-state index contributed by atoms with van der Waals surface area (Å²) in [4.78, 5) is 11.2. The van der Waals surface area contributed by atoms with Gasteiger partial charge in [-0.2, -0.15) is 0 Å². The molecule has 1 aromatic carbocycles. The lowest BCUT2D eigenvalue weighted by Crippen LogP contribution is -2.33. The number of sulfonamides is 1. The van der Waals surface area contributed by atoms with Crippen molar-refractivity contribution in [3.05, 3.63) is 28.2 Å². The van der Waals surface area contributed by atoms with Gasteiger partial charge in [0.15, 0.2) is 0 Å². The van der Waals surface area contributed by atoms with E-state index < -0.39 is 32.5 Å². The Bertz CT molecular complexity index is 668. The number of carbonyl (C=O) groups excluding carboxylic acids is 1. The van der Waals surface area contributed by atoms with Gasteiger partial charge in [-0.3, -0.25) is 4.79 Å². The van der Waals surface area contributed by atoms with Crippen LogP contribution in [0.2, 0.25) is 0 Å². The minimum atomic E-state index is -4.34. The maximum absolute atomic E-state index is 13.9. The van der Waals surface area contributed by atoms with Crippen molar-refractivity contribution < 1.29 is 22.0 Å². The summed E-state index contributed by atoms with van der Waals surface area (Å²) >= 11 is 2.85. The molecular weight excluding hydrogens is 368 g/mol. The molecule has 1 fully saturated rings. The van der Waals surface area contributed by atoms with Crippen LogP contribution in [-0.4, -0.2) is 25.2 Å². The van der Waals surface area contributed by atoms with Gasteiger partial charge in [-0.25, -0.2) is 21.5 Å². The Morgan fingerprint density at radius 1 is 1.33 bits per heavy atom. The molecule has 21 heavy (non-hydrogen) atoms. The number of rotatable bonds is 3. The minimum absolute atomic E-state index is 0.0160. The van der Waals surface area contributed by atoms with Gasteiger partial charge in [-0.1, -0.05) is 13.8 Å². The Morgan fingerprint density at radius 2 is 1.95 bits per heavy atom. The first kappa shape index (κ1) is 16.4. The van der Waals surface area contributed by atoms with Crippen LogP contribution < -0.4 is 0 Å². The second kappa shape index (κ2) is 5.64. The summed E-state index contributed by atoms with van der Waals surface area (Å²) in [6.45, 7) is 3.80. The monoisotopic (exact) mass is 381 g/mol. The third-order valence-electron chi connectivity index (χ3n) is 3.57. The first-order valence-electron chi connectivity index (χ1n) is 6.34. The minimum Gasteiger partial charge on any atom is -0.274 e. The molecule has 116 valence electrons. The molecule has 1 unspecified atom stereocenters. The third kappa shape index (κ3) is 2.96. The number of benzene rings is 1. The van der Waals surface area contributed by atoms with Crippen LogP contribution in [0.15, 0.2) is 21.5 Å². The zero-order chi connectivity index (χ0) is 15.9. The fraction of sp³-hybridized carbons (Fsp3) is 0.462. The topological polar surface area (TPSA) is 54.5 Å². The van der Waals surface area contributed by atoms with Crippen molar-refractivity contribution in [2.24, 2.45) is 11.8 Å². The van der Waals surface area contributed by atoms with Crippen LogP contribution in [0.25, 0.3) is 0 Å². The SMILES string of the molecule is CC(C)C1CC(=O)N(S(=O)(=O)c2c(F)cc(F)cc2Br)C1. The largest absolute Gasteiger partial charge is 0.274 e. The number of carbonyl (C=O) groups is 1. The summed E-state index contributed by atoms with van der Waals surface area (Å²) in [5.41, 5.74) is 0. The lowest BCUT2D eigenvalue weighted by molar-refractivity contribution is -0.123. The summed E-state index contributed by atoms with van der Waals surface area (Å²) in [5, 5.41) is 0. The van der Waals surface area contributed by atoms with Crippen molar-refractivity contribution in [3.8, 4) is 0 Å². The molecule has 0 bridgehead atoms. The zero-order valence-corrected chi connectivity index (χ0v) is 13.8. The molecule has 0 radical (unpaired) electrons. The summed E-state index contributed by atoms with van der Waals surface area (Å²) < 4.78 is 52.3. The van der Waals surface area contributed by atoms with Crippen LogP contribution in [-0.2, 0) is 14.8 Å². The van der Waals surface area contributed by atoms with Crippen molar-refractivity contribution in [2.45, 2.75) is 25.2 Å². The van der Waals surface area contributed by atoms with E-state index in [1.807, 2.05) is 13.8 Å². The molecule has 0 aliphatic carbocycles. The second-order valence-electron chi connectivity index (χ2n) is 5.34. The molecule has 4 nitrogen and oxygen atoms in total. The fourth-order valence-corrected chi connectivity index (χ4v) is 4.85. The summed E-state index contributed by atoms with van der Waals surface area (Å²) in [7, 11) is -4.34. The standard InChI is InChI=1S/C13H14BrF2NO3S/c1-7(2)8-3-12(18)17(6-8)21(19,20)13-10(14)4-9(15)5-11(13)16/h4-5,7-8H,3,6H2,1-2H3. The molecule has 0 saturated carbocycles. The maximum atomic E-state index is 13.9. The normalized spacial score (nSPS) is 19.6. The van der Waals surface area contributed by atoms with E-state index >= 15 is 0 Å². The van der Waals surface area contributed by atoms with E-state index in [0.29, 0.717) is 10.4 Å². The highest BCUT2D eigenvalue weighted by Crippen LogP contribution is 2.34. The highest BCUT2D eigenvalue weighted by atomic mass is 79.9. The Labute approximate surface area is 130 Å². The van der Waals surface area contributed by atoms with Crippen LogP contribution in [0, 0.1) is 23.5 Å². The van der Waals surface area contributed by atoms with Crippen molar-refractivity contribution in [1.82, 2.24) is 4.31 Å². The Hall–Kier alpha value is -1.02. The number of amides is 1. The predicted molar refractivity (Wildman–Crippen MR) is 75.9 cm³/mol. The van der Waals surface area contributed by atoms with Crippen LogP contribution in [0.1, 0.15) is 20.3 Å². The molecular formula is C13H14BrF2NO3S. The average Bonchev–Trinajstić information content (AvgIpc) is 2.70. The Morgan fingerprint density at radius 3 is 2.43 bits per heavy atom. The summed E-state index contributed by atoms with van der Waals surface area (Å²) in [5.74, 6) is -2.65. The second-order valence-corrected chi connectivity index (χ2v) is 7.99. The molecule has 0 N–H and O–H groups in total. The highest BCUT2D eigenvalue weighted by molar-refractivity contribution is 9.10. The Kier molecular flexibility index (Phi) is 4.39. The van der Waals surface area contributed by atoms with Crippen molar-refractivity contribution in [1.29, 1.82) is 0 Å². The van der Waals surface area contributed by atoms with Gasteiger partial charge in [-0.15, -0.1) is 0 Å². The lowest BCUT2D eigenvalue weighted by Gasteiger charge is -2.19. The fourth-order valence-electron chi connectivity index (χ4n) is 2.27. The molecule has 1 saturated heterocycles. The van der Waals surface area contributed by atoms with E-state index in [0.717, 1.165) is 6.07 Å². The van der Waals surface area contributed by atoms with Crippen LogP contribution in [0.3, 0.4) is 0 Å². The summed E-state index contributed by atoms with van der Waals surface area (Å²) in [6, 6.07) is 1.34. The predicted octanol–water partition coefficient (Wildman–Crippen LogP) is 2.92. The zero-order valence-electron chi connectivity index (χ0n) is 11.4. The van der Waals surface area contributed by atoms with E-state index in [-0.39, 0.29) is 29.3 Å². The first-order valence-corrected chi connectivity index (χ1v) is 8.58. The van der Waals surface area contributed by atoms with Gasteiger partial charge in [0.05, 0.1) is 0 Å². The van der Waals surface area contributed by atoms with E-state index in [4.69, 9.17) is 0 Å². The van der Waals surface area contributed by atoms with Gasteiger partial charge in [0.2, 0.25) is 5.91 Å². The highest BCUT2D eigenvalue weighted by Gasteiger charge is 2.41. The lowest BCUT2D eigenvalue weighted by atomic mass is 9.95. The Balaban J connectivity index is 2.47. The van der Waals surface area contributed by atoms with Crippen molar-refractivity contribution >= 4 is 31.9 Å². The van der Waals surface area contributed by atoms with Gasteiger partial charge in [0.1, 0.15) is 16.5 Å². The number of hydrogen-bond acceptors (Lipinski definition) is 3. The quantitative estimate of drug-likeness (QED) is 0.808. The molecule has 1 aromatic rings. The van der Waals surface area contributed by atoms with E-state index in [1.165, 1.54) is 0 Å². The molecule has 1 aliphatic heterocycles. The number of halogens is 3. The van der Waals surface area contributed by atoms with Crippen LogP contribution in [0.4, 0.5) is 8.78 Å². The molecule has 1 atom stereocenters. The third-order valence-corrected chi connectivity index (χ3v) is 6.32. The number of hydrogen-bond donors (Lipinski definition) is 0. The average molecular weight is 382 g/mol. The van der Waals surface area contributed by atoms with Crippen LogP contribution >= 0.6 is 15.9 Å². The van der Waals surface area contributed by atoms with Gasteiger partial charge in [0.25, 0.3) is 10.0 Å². The van der Waals surface area contributed by atoms with Crippen molar-refractivity contribution in [3.63, 3.8) is 0 Å². The smallest absolute Gasteiger partial charge is 0.270 e. The van der Waals surface area contributed by atoms with E-state index in [2.05, 4.69) is 15.9 Å². The molecule has 0 spiro atoms. The van der Waals surface area contributed by atoms with Gasteiger partial charge < -0.3 is 0 Å². The van der Waals surface area contributed by atoms with Crippen molar-refractivity contribution in [2.75, 3.05) is 6.54 Å². The van der Waals surface area contributed by atoms with Crippen LogP contribution in [0.5, 0.6) is 0 Å². The molecule has 0 aromatic heterocycles. The van der Waals surface area contributed by atoms with Gasteiger partial charge in [0, 0.05) is 23.5 Å². The summed E-state index contributed by atoms with van der Waals surface area (Å²) in [6.07, 6.45) is 0.108. The molecule has 1 heterocycles. The maximum Gasteiger partial charge on any atom is 0.270 e. The molecule has 2 rings (SSSR count). The van der Waals surface area contributed by atoms with E-state index in [9.17, 15) is 22.0 Å². The van der Waals surface area contributed by atoms with Gasteiger partial charge in [-0.05, 0) is 33.8 Å². The molecule has 1 aliphatic rings. The molecule has 8 heteroatoms. The molecule has 1 amide bonds. The van der Waals surface area contributed by atoms with E-state index in [1.54, 1.807) is 0 Å². The first-order chi connectivity index (χ1) is 9.64. The van der Waals surface area contributed by atoms with Gasteiger partial charge >= 0.3 is 0 Å². The number of nitrogens with zero attached hydrogens (tertiary/aromatic N) is 1.